The average Bonchev–Trinajstić information content (AvgIpc) is 2.13. The first-order valence-corrected chi connectivity index (χ1v) is 6.86. The summed E-state index contributed by atoms with van der Waals surface area (Å²) in [5.41, 5.74) is -0.567. The molecule has 0 saturated carbocycles. The van der Waals surface area contributed by atoms with E-state index >= 15 is 0 Å². The summed E-state index contributed by atoms with van der Waals surface area (Å²) in [5.74, 6) is -1.20. The molecule has 0 saturated heterocycles. The Morgan fingerprint density at radius 3 is 2.28 bits per heavy atom. The molecule has 100 valence electrons. The Morgan fingerprint density at radius 2 is 1.83 bits per heavy atom. The predicted molar refractivity (Wildman–Crippen MR) is 66.5 cm³/mol. The van der Waals surface area contributed by atoms with Crippen molar-refractivity contribution in [1.82, 2.24) is 4.72 Å². The molecule has 1 aromatic carbocycles. The maximum absolute atomic E-state index is 13.6. The molecule has 0 aromatic heterocycles. The van der Waals surface area contributed by atoms with Crippen molar-refractivity contribution in [3.63, 3.8) is 0 Å². The van der Waals surface area contributed by atoms with Crippen LogP contribution < -0.4 is 4.72 Å². The minimum absolute atomic E-state index is 0.158. The number of nitrogens with one attached hydrogen (secondary N) is 1. The number of carbonyl (C=O) groups excluding carboxylic acids is 1. The van der Waals surface area contributed by atoms with Gasteiger partial charge in [0.1, 0.15) is 10.7 Å². The summed E-state index contributed by atoms with van der Waals surface area (Å²) in [6.07, 6.45) is 0. The summed E-state index contributed by atoms with van der Waals surface area (Å²) in [6, 6.07) is 3.29. The highest BCUT2D eigenvalue weighted by Gasteiger charge is 2.25. The van der Waals surface area contributed by atoms with Crippen molar-refractivity contribution in [2.24, 2.45) is 0 Å². The molecule has 0 unspecified atom stereocenters. The van der Waals surface area contributed by atoms with E-state index in [0.29, 0.717) is 0 Å². The van der Waals surface area contributed by atoms with Gasteiger partial charge in [0, 0.05) is 11.1 Å². The van der Waals surface area contributed by atoms with E-state index in [1.807, 2.05) is 0 Å². The van der Waals surface area contributed by atoms with Gasteiger partial charge in [0.05, 0.1) is 0 Å². The fraction of sp³-hybridized carbons (Fsp3) is 0.417. The Hall–Kier alpha value is -1.27. The molecule has 0 bridgehead atoms. The third-order valence-electron chi connectivity index (χ3n) is 2.07. The van der Waals surface area contributed by atoms with Gasteiger partial charge in [0.15, 0.2) is 5.78 Å². The van der Waals surface area contributed by atoms with E-state index in [-0.39, 0.29) is 11.3 Å². The zero-order valence-electron chi connectivity index (χ0n) is 10.7. The van der Waals surface area contributed by atoms with Gasteiger partial charge in [-0.1, -0.05) is 0 Å². The van der Waals surface area contributed by atoms with E-state index < -0.39 is 26.3 Å². The summed E-state index contributed by atoms with van der Waals surface area (Å²) in [5, 5.41) is 0. The molecule has 0 atom stereocenters. The molecule has 0 aliphatic carbocycles. The molecular weight excluding hydrogens is 257 g/mol. The van der Waals surface area contributed by atoms with Crippen LogP contribution >= 0.6 is 0 Å². The number of Topliss-reactive ketones (excluding diaryl/α,β-unsaturated/α-hetero) is 1. The number of ketones is 1. The SMILES string of the molecule is CC(=O)c1ccc(F)c(S(=O)(=O)NC(C)(C)C)c1. The second-order valence-corrected chi connectivity index (χ2v) is 6.71. The molecule has 6 heteroatoms. The van der Waals surface area contributed by atoms with Gasteiger partial charge in [-0.3, -0.25) is 4.79 Å². The predicted octanol–water partition coefficient (Wildman–Crippen LogP) is 2.11. The maximum Gasteiger partial charge on any atom is 0.243 e. The van der Waals surface area contributed by atoms with Gasteiger partial charge in [0.25, 0.3) is 0 Å². The van der Waals surface area contributed by atoms with Crippen LogP contribution in [0.1, 0.15) is 38.1 Å². The molecule has 0 amide bonds. The zero-order valence-corrected chi connectivity index (χ0v) is 11.6. The molecule has 1 rings (SSSR count). The van der Waals surface area contributed by atoms with Gasteiger partial charge in [-0.05, 0) is 45.9 Å². The van der Waals surface area contributed by atoms with Crippen molar-refractivity contribution in [2.45, 2.75) is 38.1 Å². The molecule has 0 aliphatic rings. The monoisotopic (exact) mass is 273 g/mol. The van der Waals surface area contributed by atoms with Crippen LogP contribution in [0.4, 0.5) is 4.39 Å². The molecule has 0 aliphatic heterocycles. The summed E-state index contributed by atoms with van der Waals surface area (Å²) in [7, 11) is -3.98. The summed E-state index contributed by atoms with van der Waals surface area (Å²) < 4.78 is 39.9. The van der Waals surface area contributed by atoms with Crippen LogP contribution in [0.3, 0.4) is 0 Å². The van der Waals surface area contributed by atoms with Gasteiger partial charge < -0.3 is 0 Å². The fourth-order valence-corrected chi connectivity index (χ4v) is 2.91. The molecule has 1 aromatic rings. The van der Waals surface area contributed by atoms with E-state index in [2.05, 4.69) is 4.72 Å². The highest BCUT2D eigenvalue weighted by molar-refractivity contribution is 7.89. The first-order chi connectivity index (χ1) is 8.03. The number of benzene rings is 1. The van der Waals surface area contributed by atoms with Crippen LogP contribution in [-0.4, -0.2) is 19.7 Å². The number of rotatable bonds is 3. The lowest BCUT2D eigenvalue weighted by Crippen LogP contribution is -2.40. The van der Waals surface area contributed by atoms with Crippen LogP contribution in [0.25, 0.3) is 0 Å². The van der Waals surface area contributed by atoms with Gasteiger partial charge in [-0.15, -0.1) is 0 Å². The Bertz CT molecular complexity index is 573. The van der Waals surface area contributed by atoms with E-state index in [9.17, 15) is 17.6 Å². The van der Waals surface area contributed by atoms with E-state index in [1.165, 1.54) is 13.0 Å². The summed E-state index contributed by atoms with van der Waals surface area (Å²) >= 11 is 0. The van der Waals surface area contributed by atoms with Gasteiger partial charge in [0.2, 0.25) is 10.0 Å². The number of halogens is 1. The highest BCUT2D eigenvalue weighted by Crippen LogP contribution is 2.18. The Labute approximate surface area is 106 Å². The minimum atomic E-state index is -3.98. The molecule has 0 radical (unpaired) electrons. The molecule has 0 fully saturated rings. The Kier molecular flexibility index (Phi) is 3.92. The van der Waals surface area contributed by atoms with Crippen LogP contribution in [0.15, 0.2) is 23.1 Å². The van der Waals surface area contributed by atoms with Crippen molar-refractivity contribution < 1.29 is 17.6 Å². The smallest absolute Gasteiger partial charge is 0.243 e. The normalized spacial score (nSPS) is 12.5. The van der Waals surface area contributed by atoms with Crippen molar-refractivity contribution in [2.75, 3.05) is 0 Å². The van der Waals surface area contributed by atoms with Gasteiger partial charge >= 0.3 is 0 Å². The summed E-state index contributed by atoms with van der Waals surface area (Å²) in [6.45, 7) is 6.24. The Morgan fingerprint density at radius 1 is 1.28 bits per heavy atom. The second-order valence-electron chi connectivity index (χ2n) is 5.06. The molecule has 0 heterocycles. The minimum Gasteiger partial charge on any atom is -0.295 e. The zero-order chi connectivity index (χ0) is 14.1. The lowest BCUT2D eigenvalue weighted by Gasteiger charge is -2.20. The van der Waals surface area contributed by atoms with Crippen molar-refractivity contribution >= 4 is 15.8 Å². The number of carbonyl (C=O) groups is 1. The van der Waals surface area contributed by atoms with Crippen LogP contribution in [-0.2, 0) is 10.0 Å². The van der Waals surface area contributed by atoms with Crippen molar-refractivity contribution in [3.8, 4) is 0 Å². The fourth-order valence-electron chi connectivity index (χ4n) is 1.39. The van der Waals surface area contributed by atoms with Crippen LogP contribution in [0.2, 0.25) is 0 Å². The molecular formula is C12H16FNO3S. The highest BCUT2D eigenvalue weighted by atomic mass is 32.2. The quantitative estimate of drug-likeness (QED) is 0.858. The van der Waals surface area contributed by atoms with Crippen LogP contribution in [0.5, 0.6) is 0 Å². The third-order valence-corrected chi connectivity index (χ3v) is 3.84. The third kappa shape index (κ3) is 3.61. The largest absolute Gasteiger partial charge is 0.295 e. The molecule has 4 nitrogen and oxygen atoms in total. The maximum atomic E-state index is 13.6. The lowest BCUT2D eigenvalue weighted by molar-refractivity contribution is 0.101. The first kappa shape index (κ1) is 14.8. The second kappa shape index (κ2) is 4.78. The number of sulfonamides is 1. The van der Waals surface area contributed by atoms with Gasteiger partial charge in [-0.2, -0.15) is 0 Å². The van der Waals surface area contributed by atoms with Gasteiger partial charge in [-0.25, -0.2) is 17.5 Å². The van der Waals surface area contributed by atoms with E-state index in [4.69, 9.17) is 0 Å². The topological polar surface area (TPSA) is 63.2 Å². The summed E-state index contributed by atoms with van der Waals surface area (Å²) in [4.78, 5) is 10.7. The number of hydrogen-bond acceptors (Lipinski definition) is 3. The average molecular weight is 273 g/mol. The van der Waals surface area contributed by atoms with Crippen LogP contribution in [0, 0.1) is 5.82 Å². The Balaban J connectivity index is 3.32. The van der Waals surface area contributed by atoms with Crippen molar-refractivity contribution in [1.29, 1.82) is 0 Å². The molecule has 1 N–H and O–H groups in total. The molecule has 0 spiro atoms. The number of hydrogen-bond donors (Lipinski definition) is 1. The van der Waals surface area contributed by atoms with E-state index in [1.54, 1.807) is 20.8 Å². The first-order valence-electron chi connectivity index (χ1n) is 5.37. The molecule has 18 heavy (non-hydrogen) atoms. The lowest BCUT2D eigenvalue weighted by atomic mass is 10.1. The van der Waals surface area contributed by atoms with E-state index in [0.717, 1.165) is 12.1 Å². The standard InChI is InChI=1S/C12H16FNO3S/c1-8(15)9-5-6-10(13)11(7-9)18(16,17)14-12(2,3)4/h5-7,14H,1-4H3. The van der Waals surface area contributed by atoms with Crippen molar-refractivity contribution in [3.05, 3.63) is 29.6 Å².